The maximum absolute atomic E-state index is 10.7. The van der Waals surface area contributed by atoms with Gasteiger partial charge in [0.25, 0.3) is 0 Å². The molecule has 1 nitrogen and oxygen atoms in total. The van der Waals surface area contributed by atoms with Crippen LogP contribution in [0, 0.1) is 0 Å². The highest BCUT2D eigenvalue weighted by atomic mass is 32.2. The van der Waals surface area contributed by atoms with Crippen molar-refractivity contribution in [2.75, 3.05) is 5.75 Å². The van der Waals surface area contributed by atoms with Crippen LogP contribution in [0.3, 0.4) is 0 Å². The lowest BCUT2D eigenvalue weighted by atomic mass is 9.78. The molecule has 1 aromatic carbocycles. The average Bonchev–Trinajstić information content (AvgIpc) is 2.33. The minimum atomic E-state index is -0.106. The molecule has 0 aliphatic carbocycles. The summed E-state index contributed by atoms with van der Waals surface area (Å²) in [6.45, 7) is 14.9. The van der Waals surface area contributed by atoms with Gasteiger partial charge >= 0.3 is 0 Å². The Morgan fingerprint density at radius 2 is 1.48 bits per heavy atom. The summed E-state index contributed by atoms with van der Waals surface area (Å²) in [5.74, 6) is 1.46. The molecular weight excluding hydrogens is 296 g/mol. The zero-order valence-electron chi connectivity index (χ0n) is 14.3. The van der Waals surface area contributed by atoms with Crippen LogP contribution in [0.1, 0.15) is 71.6 Å². The Kier molecular flexibility index (Phi) is 5.91. The van der Waals surface area contributed by atoms with Crippen LogP contribution in [0.2, 0.25) is 0 Å². The molecule has 0 amide bonds. The maximum atomic E-state index is 10.7. The smallest absolute Gasteiger partial charge is 0.123 e. The van der Waals surface area contributed by atoms with Crippen LogP contribution in [0.4, 0.5) is 0 Å². The molecule has 0 saturated heterocycles. The minimum Gasteiger partial charge on any atom is -0.507 e. The third kappa shape index (κ3) is 4.72. The predicted molar refractivity (Wildman–Crippen MR) is 100.0 cm³/mol. The van der Waals surface area contributed by atoms with E-state index in [1.807, 2.05) is 0 Å². The summed E-state index contributed by atoms with van der Waals surface area (Å²) < 4.78 is 0.924. The molecule has 0 aliphatic heterocycles. The lowest BCUT2D eigenvalue weighted by molar-refractivity contribution is 0.423. The van der Waals surface area contributed by atoms with E-state index in [-0.39, 0.29) is 10.8 Å². The van der Waals surface area contributed by atoms with E-state index in [9.17, 15) is 5.11 Å². The van der Waals surface area contributed by atoms with Crippen molar-refractivity contribution in [3.05, 3.63) is 28.8 Å². The molecule has 0 unspecified atom stereocenters. The Morgan fingerprint density at radius 1 is 1.05 bits per heavy atom. The van der Waals surface area contributed by atoms with Crippen molar-refractivity contribution < 1.29 is 5.11 Å². The van der Waals surface area contributed by atoms with Gasteiger partial charge in [-0.05, 0) is 40.7 Å². The highest BCUT2D eigenvalue weighted by Crippen LogP contribution is 2.40. The van der Waals surface area contributed by atoms with E-state index in [0.29, 0.717) is 5.75 Å². The molecule has 1 aromatic rings. The fourth-order valence-corrected chi connectivity index (χ4v) is 3.22. The van der Waals surface area contributed by atoms with E-state index in [1.165, 1.54) is 0 Å². The van der Waals surface area contributed by atoms with E-state index in [0.717, 1.165) is 33.1 Å². The van der Waals surface area contributed by atoms with Gasteiger partial charge in [0.2, 0.25) is 0 Å². The van der Waals surface area contributed by atoms with Gasteiger partial charge in [0, 0.05) is 11.1 Å². The zero-order valence-corrected chi connectivity index (χ0v) is 16.0. The zero-order chi connectivity index (χ0) is 16.4. The van der Waals surface area contributed by atoms with Crippen LogP contribution in [0.5, 0.6) is 5.75 Å². The van der Waals surface area contributed by atoms with Crippen molar-refractivity contribution in [2.24, 2.45) is 0 Å². The largest absolute Gasteiger partial charge is 0.507 e. The van der Waals surface area contributed by atoms with Gasteiger partial charge in [-0.2, -0.15) is 0 Å². The molecule has 0 bridgehead atoms. The number of aromatic hydroxyl groups is 1. The van der Waals surface area contributed by atoms with Gasteiger partial charge in [-0.3, -0.25) is 0 Å². The molecule has 1 rings (SSSR count). The van der Waals surface area contributed by atoms with Gasteiger partial charge in [0.1, 0.15) is 5.75 Å². The molecule has 118 valence electrons. The first-order valence-corrected chi connectivity index (χ1v) is 8.93. The monoisotopic (exact) mass is 324 g/mol. The van der Waals surface area contributed by atoms with Gasteiger partial charge in [-0.15, -0.1) is 11.8 Å². The molecule has 3 heteroatoms. The van der Waals surface area contributed by atoms with Crippen molar-refractivity contribution in [1.29, 1.82) is 0 Å². The van der Waals surface area contributed by atoms with Gasteiger partial charge in [0.05, 0.1) is 4.20 Å². The predicted octanol–water partition coefficient (Wildman–Crippen LogP) is 5.81. The first-order valence-electron chi connectivity index (χ1n) is 7.53. The molecule has 0 atom stereocenters. The molecule has 0 heterocycles. The normalized spacial score (nSPS) is 12.5. The van der Waals surface area contributed by atoms with E-state index in [4.69, 9.17) is 12.2 Å². The fraction of sp³-hybridized carbons (Fsp3) is 0.611. The van der Waals surface area contributed by atoms with Crippen LogP contribution >= 0.6 is 24.0 Å². The number of hydrogen-bond donors (Lipinski definition) is 1. The Bertz CT molecular complexity index is 484. The highest BCUT2D eigenvalue weighted by Gasteiger charge is 2.27. The highest BCUT2D eigenvalue weighted by molar-refractivity contribution is 8.23. The second-order valence-electron chi connectivity index (χ2n) is 7.56. The molecule has 0 aromatic heterocycles. The van der Waals surface area contributed by atoms with E-state index in [1.54, 1.807) is 11.8 Å². The summed E-state index contributed by atoms with van der Waals surface area (Å²) in [5.41, 5.74) is 2.81. The third-order valence-electron chi connectivity index (χ3n) is 3.40. The van der Waals surface area contributed by atoms with E-state index < -0.39 is 0 Å². The molecule has 0 aliphatic rings. The average molecular weight is 325 g/mol. The van der Waals surface area contributed by atoms with Gasteiger partial charge in [-0.1, -0.05) is 60.7 Å². The SMILES string of the molecule is CCCSC(=S)c1cc(C(C)(C)C)c(O)c(C(C)(C)C)c1. The van der Waals surface area contributed by atoms with Crippen LogP contribution in [0.15, 0.2) is 12.1 Å². The van der Waals surface area contributed by atoms with Crippen LogP contribution in [0.25, 0.3) is 0 Å². The van der Waals surface area contributed by atoms with E-state index in [2.05, 4.69) is 60.6 Å². The summed E-state index contributed by atoms with van der Waals surface area (Å²) in [6.07, 6.45) is 1.11. The summed E-state index contributed by atoms with van der Waals surface area (Å²) >= 11 is 7.30. The Balaban J connectivity index is 3.44. The third-order valence-corrected chi connectivity index (χ3v) is 5.10. The van der Waals surface area contributed by atoms with Crippen molar-refractivity contribution in [2.45, 2.75) is 65.7 Å². The standard InChI is InChI=1S/C18H28OS2/c1-8-9-21-16(20)12-10-13(17(2,3)4)15(19)14(11-12)18(5,6)7/h10-11,19H,8-9H2,1-7H3. The topological polar surface area (TPSA) is 20.2 Å². The van der Waals surface area contributed by atoms with Crippen LogP contribution < -0.4 is 0 Å². The number of hydrogen-bond acceptors (Lipinski definition) is 3. The van der Waals surface area contributed by atoms with Gasteiger partial charge < -0.3 is 5.11 Å². The van der Waals surface area contributed by atoms with Crippen LogP contribution in [-0.4, -0.2) is 15.1 Å². The second-order valence-corrected chi connectivity index (χ2v) is 9.33. The molecule has 0 saturated carbocycles. The summed E-state index contributed by atoms with van der Waals surface area (Å²) in [7, 11) is 0. The molecule has 0 fully saturated rings. The van der Waals surface area contributed by atoms with E-state index >= 15 is 0 Å². The van der Waals surface area contributed by atoms with Gasteiger partial charge in [0.15, 0.2) is 0 Å². The lowest BCUT2D eigenvalue weighted by Gasteiger charge is -2.28. The fourth-order valence-electron chi connectivity index (χ4n) is 2.17. The number of thioether (sulfide) groups is 1. The summed E-state index contributed by atoms with van der Waals surface area (Å²) in [6, 6.07) is 4.13. The Labute approximate surface area is 139 Å². The number of phenols is 1. The summed E-state index contributed by atoms with van der Waals surface area (Å²) in [4.78, 5) is 0. The molecular formula is C18H28OS2. The summed E-state index contributed by atoms with van der Waals surface area (Å²) in [5, 5.41) is 10.7. The second kappa shape index (κ2) is 6.70. The molecule has 21 heavy (non-hydrogen) atoms. The quantitative estimate of drug-likeness (QED) is 0.709. The lowest BCUT2D eigenvalue weighted by Crippen LogP contribution is -2.18. The first-order chi connectivity index (χ1) is 9.48. The molecule has 1 N–H and O–H groups in total. The van der Waals surface area contributed by atoms with Crippen molar-refractivity contribution >= 4 is 28.2 Å². The van der Waals surface area contributed by atoms with Gasteiger partial charge in [-0.25, -0.2) is 0 Å². The first kappa shape index (κ1) is 18.5. The maximum Gasteiger partial charge on any atom is 0.123 e. The van der Waals surface area contributed by atoms with Crippen LogP contribution in [-0.2, 0) is 10.8 Å². The Hall–Kier alpha value is -0.540. The number of rotatable bonds is 3. The number of thiocarbonyl (C=S) groups is 1. The Morgan fingerprint density at radius 3 is 1.81 bits per heavy atom. The van der Waals surface area contributed by atoms with Crippen molar-refractivity contribution in [3.63, 3.8) is 0 Å². The minimum absolute atomic E-state index is 0.106. The molecule has 0 radical (unpaired) electrons. The number of phenolic OH excluding ortho intramolecular Hbond substituents is 1. The molecule has 0 spiro atoms. The number of benzene rings is 1. The van der Waals surface area contributed by atoms with Crippen molar-refractivity contribution in [3.8, 4) is 5.75 Å². The van der Waals surface area contributed by atoms with Crippen molar-refractivity contribution in [1.82, 2.24) is 0 Å².